The van der Waals surface area contributed by atoms with Gasteiger partial charge in [-0.1, -0.05) is 17.2 Å². The second-order valence-electron chi connectivity index (χ2n) is 8.42. The minimum Gasteiger partial charge on any atom is -0.430 e. The molecule has 174 valence electrons. The van der Waals surface area contributed by atoms with Crippen LogP contribution in [0.25, 0.3) is 0 Å². The van der Waals surface area contributed by atoms with E-state index < -0.39 is 55.0 Å². The first-order chi connectivity index (χ1) is 13.9. The molecule has 0 bridgehead atoms. The summed E-state index contributed by atoms with van der Waals surface area (Å²) in [6.07, 6.45) is -2.62. The smallest absolute Gasteiger partial charge is 0.333 e. The number of aliphatic hydroxyl groups is 6. The average molecular weight is 433 g/mol. The second kappa shape index (κ2) is 11.9. The van der Waals surface area contributed by atoms with Gasteiger partial charge in [0.05, 0.1) is 18.3 Å². The maximum atomic E-state index is 12.1. The van der Waals surface area contributed by atoms with Crippen molar-refractivity contribution in [3.05, 3.63) is 23.3 Å². The van der Waals surface area contributed by atoms with E-state index in [1.807, 2.05) is 13.0 Å². The predicted molar refractivity (Wildman–Crippen MR) is 108 cm³/mol. The fourth-order valence-electron chi connectivity index (χ4n) is 2.95. The largest absolute Gasteiger partial charge is 0.430 e. The van der Waals surface area contributed by atoms with E-state index in [0.717, 1.165) is 11.1 Å². The van der Waals surface area contributed by atoms with Gasteiger partial charge in [0.15, 0.2) is 0 Å². The summed E-state index contributed by atoms with van der Waals surface area (Å²) in [4.78, 5) is 12.1. The highest BCUT2D eigenvalue weighted by Gasteiger charge is 2.45. The molecule has 0 aromatic carbocycles. The third-order valence-corrected chi connectivity index (χ3v) is 5.10. The molecular weight excluding hydrogens is 396 g/mol. The van der Waals surface area contributed by atoms with Gasteiger partial charge >= 0.3 is 5.97 Å². The normalized spacial score (nSPS) is 29.6. The van der Waals surface area contributed by atoms with E-state index in [2.05, 4.69) is 0 Å². The van der Waals surface area contributed by atoms with Gasteiger partial charge in [-0.3, -0.25) is 0 Å². The molecule has 0 aromatic rings. The first kappa shape index (κ1) is 26.7. The van der Waals surface area contributed by atoms with Crippen LogP contribution in [0.4, 0.5) is 0 Å². The Kier molecular flexibility index (Phi) is 10.6. The zero-order valence-corrected chi connectivity index (χ0v) is 18.1. The third kappa shape index (κ3) is 8.43. The molecule has 1 saturated heterocycles. The number of hydrogen-bond acceptors (Lipinski definition) is 9. The van der Waals surface area contributed by atoms with Gasteiger partial charge in [0, 0.05) is 6.08 Å². The van der Waals surface area contributed by atoms with Crippen LogP contribution in [0, 0.1) is 0 Å². The Balaban J connectivity index is 2.49. The van der Waals surface area contributed by atoms with E-state index in [-0.39, 0.29) is 0 Å². The number of ether oxygens (including phenoxy) is 2. The highest BCUT2D eigenvalue weighted by atomic mass is 16.7. The molecule has 1 rings (SSSR count). The van der Waals surface area contributed by atoms with E-state index in [1.54, 1.807) is 20.8 Å². The van der Waals surface area contributed by atoms with Crippen molar-refractivity contribution in [1.82, 2.24) is 0 Å². The summed E-state index contributed by atoms with van der Waals surface area (Å²) in [5, 5.41) is 58.1. The van der Waals surface area contributed by atoms with Crippen LogP contribution in [0.5, 0.6) is 0 Å². The number of rotatable bonds is 10. The van der Waals surface area contributed by atoms with E-state index >= 15 is 0 Å². The van der Waals surface area contributed by atoms with Crippen molar-refractivity contribution in [2.75, 3.05) is 6.61 Å². The molecule has 0 spiro atoms. The topological polar surface area (TPSA) is 157 Å². The van der Waals surface area contributed by atoms with Crippen LogP contribution in [0.3, 0.4) is 0 Å². The first-order valence-corrected chi connectivity index (χ1v) is 10.1. The summed E-state index contributed by atoms with van der Waals surface area (Å²) in [7, 11) is 0. The molecule has 0 aromatic heterocycles. The third-order valence-electron chi connectivity index (χ3n) is 5.10. The lowest BCUT2D eigenvalue weighted by Gasteiger charge is -2.38. The molecule has 9 nitrogen and oxygen atoms in total. The lowest BCUT2D eigenvalue weighted by atomic mass is 9.95. The van der Waals surface area contributed by atoms with Crippen LogP contribution in [0.15, 0.2) is 23.3 Å². The fourth-order valence-corrected chi connectivity index (χ4v) is 2.95. The summed E-state index contributed by atoms with van der Waals surface area (Å²) >= 11 is 0. The predicted octanol–water partition coefficient (Wildman–Crippen LogP) is -0.0857. The maximum absolute atomic E-state index is 12.1. The van der Waals surface area contributed by atoms with Gasteiger partial charge in [-0.2, -0.15) is 0 Å². The van der Waals surface area contributed by atoms with Crippen molar-refractivity contribution in [3.8, 4) is 0 Å². The molecule has 1 aliphatic rings. The molecule has 9 heteroatoms. The van der Waals surface area contributed by atoms with Gasteiger partial charge in [-0.15, -0.1) is 0 Å². The van der Waals surface area contributed by atoms with E-state index in [0.29, 0.717) is 25.7 Å². The number of carbonyl (C=O) groups is 1. The molecule has 0 saturated carbocycles. The standard InChI is InChI=1S/C21H36O9/c1-12(8-9-15(23)21(3,4)28)6-5-7-13(2)10-16(24)30-20-19(27)18(26)17(25)14(11-22)29-20/h6,10,14-15,17-20,22-23,25-28H,5,7-9,11H2,1-4H3/b12-6+,13-10+. The van der Waals surface area contributed by atoms with Crippen molar-refractivity contribution in [2.45, 2.75) is 95.8 Å². The number of allylic oxidation sites excluding steroid dienone is 3. The number of carbonyl (C=O) groups excluding carboxylic acids is 1. The van der Waals surface area contributed by atoms with Gasteiger partial charge in [0.2, 0.25) is 6.29 Å². The Labute approximate surface area is 177 Å². The van der Waals surface area contributed by atoms with E-state index in [9.17, 15) is 30.3 Å². The van der Waals surface area contributed by atoms with Crippen LogP contribution in [0.2, 0.25) is 0 Å². The molecule has 1 fully saturated rings. The van der Waals surface area contributed by atoms with Gasteiger partial charge in [-0.05, 0) is 53.4 Å². The van der Waals surface area contributed by atoms with Crippen LogP contribution in [-0.2, 0) is 14.3 Å². The quantitative estimate of drug-likeness (QED) is 0.158. The summed E-state index contributed by atoms with van der Waals surface area (Å²) < 4.78 is 10.1. The van der Waals surface area contributed by atoms with Gasteiger partial charge in [0.1, 0.15) is 24.4 Å². The summed E-state index contributed by atoms with van der Waals surface area (Å²) in [5.41, 5.74) is 0.654. The average Bonchev–Trinajstić information content (AvgIpc) is 2.65. The zero-order valence-electron chi connectivity index (χ0n) is 18.1. The van der Waals surface area contributed by atoms with Crippen LogP contribution >= 0.6 is 0 Å². The van der Waals surface area contributed by atoms with Crippen LogP contribution in [0.1, 0.15) is 53.4 Å². The lowest BCUT2D eigenvalue weighted by molar-refractivity contribution is -0.291. The Morgan fingerprint density at radius 1 is 1.10 bits per heavy atom. The Bertz CT molecular complexity index is 606. The van der Waals surface area contributed by atoms with Gasteiger partial charge < -0.3 is 40.1 Å². The lowest BCUT2D eigenvalue weighted by Crippen LogP contribution is -2.59. The Hall–Kier alpha value is -1.33. The minimum atomic E-state index is -1.63. The van der Waals surface area contributed by atoms with Gasteiger partial charge in [-0.25, -0.2) is 4.79 Å². The molecule has 6 atom stereocenters. The zero-order chi connectivity index (χ0) is 23.1. The molecule has 30 heavy (non-hydrogen) atoms. The molecule has 0 radical (unpaired) electrons. The molecule has 6 N–H and O–H groups in total. The highest BCUT2D eigenvalue weighted by molar-refractivity contribution is 5.82. The summed E-state index contributed by atoms with van der Waals surface area (Å²) in [5.74, 6) is -0.772. The molecule has 1 heterocycles. The number of aliphatic hydroxyl groups excluding tert-OH is 5. The molecular formula is C21H36O9. The van der Waals surface area contributed by atoms with Gasteiger partial charge in [0.25, 0.3) is 0 Å². The van der Waals surface area contributed by atoms with Crippen LogP contribution < -0.4 is 0 Å². The minimum absolute atomic E-state index is 0.450. The van der Waals surface area contributed by atoms with Crippen molar-refractivity contribution in [2.24, 2.45) is 0 Å². The number of hydrogen-bond donors (Lipinski definition) is 6. The number of esters is 1. The molecule has 0 amide bonds. The first-order valence-electron chi connectivity index (χ1n) is 10.1. The summed E-state index contributed by atoms with van der Waals surface area (Å²) in [6.45, 7) is 6.20. The monoisotopic (exact) mass is 432 g/mol. The highest BCUT2D eigenvalue weighted by Crippen LogP contribution is 2.22. The van der Waals surface area contributed by atoms with Crippen LogP contribution in [-0.4, -0.2) is 85.6 Å². The van der Waals surface area contributed by atoms with Crippen molar-refractivity contribution >= 4 is 5.97 Å². The molecule has 1 aliphatic heterocycles. The Morgan fingerprint density at radius 2 is 1.73 bits per heavy atom. The maximum Gasteiger partial charge on any atom is 0.333 e. The van der Waals surface area contributed by atoms with Crippen molar-refractivity contribution in [1.29, 1.82) is 0 Å². The van der Waals surface area contributed by atoms with Crippen molar-refractivity contribution < 1.29 is 44.9 Å². The summed E-state index contributed by atoms with van der Waals surface area (Å²) in [6, 6.07) is 0. The molecule has 0 aliphatic carbocycles. The molecule has 6 unspecified atom stereocenters. The van der Waals surface area contributed by atoms with E-state index in [1.165, 1.54) is 6.08 Å². The fraction of sp³-hybridized carbons (Fsp3) is 0.762. The second-order valence-corrected chi connectivity index (χ2v) is 8.42. The van der Waals surface area contributed by atoms with E-state index in [4.69, 9.17) is 14.6 Å². The SMILES string of the molecule is C/C(=C\C(=O)OC1OC(CO)C(O)C(O)C1O)CC/C=C(\C)CCC(O)C(C)(C)O. The van der Waals surface area contributed by atoms with Crippen molar-refractivity contribution in [3.63, 3.8) is 0 Å². The Morgan fingerprint density at radius 3 is 2.30 bits per heavy atom.